The topological polar surface area (TPSA) is 88.8 Å². The van der Waals surface area contributed by atoms with Gasteiger partial charge in [0.05, 0.1) is 5.69 Å². The Morgan fingerprint density at radius 3 is 2.74 bits per heavy atom. The summed E-state index contributed by atoms with van der Waals surface area (Å²) in [6.07, 6.45) is 0. The average Bonchev–Trinajstić information content (AvgIpc) is 3.28. The van der Waals surface area contributed by atoms with Gasteiger partial charge in [0.2, 0.25) is 10.1 Å². The Morgan fingerprint density at radius 2 is 2.00 bits per heavy atom. The Bertz CT molecular complexity index is 1140. The SMILES string of the molecule is Cc1ccc(-c2nc(SCc3cc(=O)n4nc(C(C)C)sc4n3)n[nH]2)cc1. The van der Waals surface area contributed by atoms with E-state index in [0.717, 1.165) is 16.4 Å². The van der Waals surface area contributed by atoms with E-state index >= 15 is 0 Å². The molecular formula is C18H18N6OS2. The molecule has 0 unspecified atom stereocenters. The fourth-order valence-electron chi connectivity index (χ4n) is 2.47. The second-order valence-corrected chi connectivity index (χ2v) is 8.43. The molecule has 1 N–H and O–H groups in total. The third-order valence-electron chi connectivity index (χ3n) is 3.95. The van der Waals surface area contributed by atoms with Crippen molar-refractivity contribution in [2.75, 3.05) is 0 Å². The summed E-state index contributed by atoms with van der Waals surface area (Å²) in [7, 11) is 0. The molecule has 0 saturated carbocycles. The Labute approximate surface area is 163 Å². The summed E-state index contributed by atoms with van der Waals surface area (Å²) >= 11 is 2.89. The van der Waals surface area contributed by atoms with Crippen molar-refractivity contribution < 1.29 is 0 Å². The first-order chi connectivity index (χ1) is 13.0. The average molecular weight is 399 g/mol. The minimum atomic E-state index is -0.158. The van der Waals surface area contributed by atoms with Crippen molar-refractivity contribution in [1.82, 2.24) is 29.8 Å². The number of fused-ring (bicyclic) bond motifs is 1. The van der Waals surface area contributed by atoms with Gasteiger partial charge in [0, 0.05) is 23.3 Å². The minimum Gasteiger partial charge on any atom is -0.267 e. The lowest BCUT2D eigenvalue weighted by Crippen LogP contribution is -2.15. The van der Waals surface area contributed by atoms with E-state index < -0.39 is 0 Å². The standard InChI is InChI=1S/C18H18N6OS2/c1-10(2)16-23-24-14(25)8-13(19-18(24)27-16)9-26-17-20-15(21-22-17)12-6-4-11(3)5-7-12/h4-8,10H,9H2,1-3H3,(H,20,21,22). The number of rotatable bonds is 5. The molecule has 0 bridgehead atoms. The zero-order valence-electron chi connectivity index (χ0n) is 15.1. The number of aromatic nitrogens is 6. The van der Waals surface area contributed by atoms with Crippen LogP contribution in [0.2, 0.25) is 0 Å². The Morgan fingerprint density at radius 1 is 1.22 bits per heavy atom. The zero-order valence-corrected chi connectivity index (χ0v) is 16.8. The highest BCUT2D eigenvalue weighted by atomic mass is 32.2. The van der Waals surface area contributed by atoms with E-state index in [1.165, 1.54) is 39.2 Å². The fraction of sp³-hybridized carbons (Fsp3) is 0.278. The summed E-state index contributed by atoms with van der Waals surface area (Å²) in [5, 5.41) is 13.1. The third kappa shape index (κ3) is 3.79. The van der Waals surface area contributed by atoms with Gasteiger partial charge in [-0.1, -0.05) is 66.8 Å². The molecule has 0 saturated heterocycles. The van der Waals surface area contributed by atoms with Crippen molar-refractivity contribution in [1.29, 1.82) is 0 Å². The molecule has 0 amide bonds. The number of nitrogens with zero attached hydrogens (tertiary/aromatic N) is 5. The highest BCUT2D eigenvalue weighted by Crippen LogP contribution is 2.23. The molecule has 0 radical (unpaired) electrons. The van der Waals surface area contributed by atoms with Gasteiger partial charge in [-0.25, -0.2) is 9.97 Å². The van der Waals surface area contributed by atoms with E-state index in [-0.39, 0.29) is 11.5 Å². The molecule has 0 spiro atoms. The molecule has 0 aliphatic heterocycles. The molecular weight excluding hydrogens is 380 g/mol. The summed E-state index contributed by atoms with van der Waals surface area (Å²) < 4.78 is 1.37. The largest absolute Gasteiger partial charge is 0.275 e. The van der Waals surface area contributed by atoms with Crippen LogP contribution >= 0.6 is 23.1 Å². The van der Waals surface area contributed by atoms with Crippen LogP contribution in [0.3, 0.4) is 0 Å². The lowest BCUT2D eigenvalue weighted by Gasteiger charge is -1.98. The Kier molecular flexibility index (Phi) is 4.79. The second-order valence-electron chi connectivity index (χ2n) is 6.50. The molecule has 0 atom stereocenters. The van der Waals surface area contributed by atoms with Crippen LogP contribution in [-0.2, 0) is 5.75 Å². The Balaban J connectivity index is 1.52. The lowest BCUT2D eigenvalue weighted by molar-refractivity contribution is 0.782. The van der Waals surface area contributed by atoms with Crippen molar-refractivity contribution >= 4 is 28.1 Å². The molecule has 4 aromatic rings. The van der Waals surface area contributed by atoms with E-state index in [1.54, 1.807) is 0 Å². The van der Waals surface area contributed by atoms with Gasteiger partial charge < -0.3 is 0 Å². The number of nitrogens with one attached hydrogen (secondary N) is 1. The number of benzene rings is 1. The second kappa shape index (κ2) is 7.24. The van der Waals surface area contributed by atoms with Gasteiger partial charge in [0.25, 0.3) is 5.56 Å². The van der Waals surface area contributed by atoms with Gasteiger partial charge in [-0.05, 0) is 6.92 Å². The van der Waals surface area contributed by atoms with Crippen LogP contribution in [0.5, 0.6) is 0 Å². The van der Waals surface area contributed by atoms with Crippen LogP contribution in [0.1, 0.15) is 36.0 Å². The summed E-state index contributed by atoms with van der Waals surface area (Å²) in [6, 6.07) is 9.63. The molecule has 1 aromatic carbocycles. The summed E-state index contributed by atoms with van der Waals surface area (Å²) in [5.41, 5.74) is 2.73. The van der Waals surface area contributed by atoms with Crippen LogP contribution in [0.15, 0.2) is 40.3 Å². The molecule has 0 fully saturated rings. The molecule has 0 aliphatic rings. The van der Waals surface area contributed by atoms with Crippen molar-refractivity contribution in [3.8, 4) is 11.4 Å². The van der Waals surface area contributed by atoms with E-state index in [0.29, 0.717) is 21.6 Å². The highest BCUT2D eigenvalue weighted by Gasteiger charge is 2.12. The normalized spacial score (nSPS) is 11.6. The molecule has 4 rings (SSSR count). The lowest BCUT2D eigenvalue weighted by atomic mass is 10.1. The van der Waals surface area contributed by atoms with Crippen LogP contribution in [0, 0.1) is 6.92 Å². The highest BCUT2D eigenvalue weighted by molar-refractivity contribution is 7.98. The summed E-state index contributed by atoms with van der Waals surface area (Å²) in [5.74, 6) is 1.51. The fourth-order valence-corrected chi connectivity index (χ4v) is 4.08. The smallest absolute Gasteiger partial charge is 0.267 e. The van der Waals surface area contributed by atoms with Crippen LogP contribution < -0.4 is 5.56 Å². The van der Waals surface area contributed by atoms with Crippen molar-refractivity contribution in [2.45, 2.75) is 37.6 Å². The predicted octanol–water partition coefficient (Wildman–Crippen LogP) is 3.66. The first-order valence-corrected chi connectivity index (χ1v) is 10.3. The zero-order chi connectivity index (χ0) is 19.0. The van der Waals surface area contributed by atoms with Gasteiger partial charge in [0.15, 0.2) is 5.82 Å². The molecule has 3 aromatic heterocycles. The van der Waals surface area contributed by atoms with Gasteiger partial charge in [-0.3, -0.25) is 9.89 Å². The van der Waals surface area contributed by atoms with E-state index in [4.69, 9.17) is 0 Å². The number of thioether (sulfide) groups is 1. The van der Waals surface area contributed by atoms with E-state index in [1.807, 2.05) is 45.0 Å². The van der Waals surface area contributed by atoms with Crippen molar-refractivity contribution in [3.05, 3.63) is 57.0 Å². The molecule has 27 heavy (non-hydrogen) atoms. The molecule has 9 heteroatoms. The number of aromatic amines is 1. The third-order valence-corrected chi connectivity index (χ3v) is 6.04. The monoisotopic (exact) mass is 398 g/mol. The summed E-state index contributed by atoms with van der Waals surface area (Å²) in [6.45, 7) is 6.15. The molecule has 138 valence electrons. The quantitative estimate of drug-likeness (QED) is 0.516. The molecule has 0 aliphatic carbocycles. The van der Waals surface area contributed by atoms with Crippen LogP contribution in [0.4, 0.5) is 0 Å². The van der Waals surface area contributed by atoms with Gasteiger partial charge in [-0.2, -0.15) is 9.61 Å². The van der Waals surface area contributed by atoms with Crippen molar-refractivity contribution in [3.63, 3.8) is 0 Å². The molecule has 3 heterocycles. The number of aryl methyl sites for hydroxylation is 1. The van der Waals surface area contributed by atoms with Gasteiger partial charge in [-0.15, -0.1) is 5.10 Å². The van der Waals surface area contributed by atoms with E-state index in [2.05, 4.69) is 25.3 Å². The van der Waals surface area contributed by atoms with Crippen LogP contribution in [-0.4, -0.2) is 29.8 Å². The van der Waals surface area contributed by atoms with Crippen molar-refractivity contribution in [2.24, 2.45) is 0 Å². The number of H-pyrrole nitrogens is 1. The first kappa shape index (κ1) is 17.9. The number of hydrogen-bond acceptors (Lipinski definition) is 7. The molecule has 7 nitrogen and oxygen atoms in total. The summed E-state index contributed by atoms with van der Waals surface area (Å²) in [4.78, 5) is 22.0. The van der Waals surface area contributed by atoms with Gasteiger partial charge in [0.1, 0.15) is 5.01 Å². The Hall–Kier alpha value is -2.52. The maximum Gasteiger partial charge on any atom is 0.275 e. The number of hydrogen-bond donors (Lipinski definition) is 1. The minimum absolute atomic E-state index is 0.158. The maximum atomic E-state index is 12.3. The maximum absolute atomic E-state index is 12.3. The predicted molar refractivity (Wildman–Crippen MR) is 107 cm³/mol. The van der Waals surface area contributed by atoms with Crippen LogP contribution in [0.25, 0.3) is 16.3 Å². The first-order valence-electron chi connectivity index (χ1n) is 8.51. The van der Waals surface area contributed by atoms with Gasteiger partial charge >= 0.3 is 0 Å². The van der Waals surface area contributed by atoms with E-state index in [9.17, 15) is 4.79 Å².